The van der Waals surface area contributed by atoms with E-state index in [9.17, 15) is 14.7 Å². The van der Waals surface area contributed by atoms with Crippen LogP contribution in [0.25, 0.3) is 0 Å². The zero-order chi connectivity index (χ0) is 17.2. The van der Waals surface area contributed by atoms with Crippen molar-refractivity contribution >= 4 is 24.2 Å². The van der Waals surface area contributed by atoms with Crippen molar-refractivity contribution in [1.82, 2.24) is 9.80 Å². The summed E-state index contributed by atoms with van der Waals surface area (Å²) in [5, 5.41) is 11.3. The predicted octanol–water partition coefficient (Wildman–Crippen LogP) is 0.643. The van der Waals surface area contributed by atoms with E-state index in [1.54, 1.807) is 18.7 Å². The van der Waals surface area contributed by atoms with Gasteiger partial charge in [-0.1, -0.05) is 34.1 Å². The van der Waals surface area contributed by atoms with E-state index in [2.05, 4.69) is 0 Å². The summed E-state index contributed by atoms with van der Waals surface area (Å²) in [5.74, 6) is -2.81. The Bertz CT molecular complexity index is 545. The maximum absolute atomic E-state index is 13.0. The molecule has 3 rings (SSSR count). The molecule has 3 aliphatic heterocycles. The second-order valence-corrected chi connectivity index (χ2v) is 7.40. The van der Waals surface area contributed by atoms with Crippen LogP contribution in [0.3, 0.4) is 0 Å². The molecule has 0 spiro atoms. The van der Waals surface area contributed by atoms with Gasteiger partial charge in [-0.05, 0) is 18.8 Å². The maximum Gasteiger partial charge on any atom is 0.275 e. The summed E-state index contributed by atoms with van der Waals surface area (Å²) in [6.45, 7) is 8.03. The molecule has 0 aromatic rings. The first-order valence-corrected chi connectivity index (χ1v) is 8.54. The number of hydrogen-bond donors (Lipinski definition) is 2. The molecule has 2 amide bonds. The highest BCUT2D eigenvalue weighted by atomic mass is 35.5. The summed E-state index contributed by atoms with van der Waals surface area (Å²) >= 11 is 0. The lowest BCUT2D eigenvalue weighted by atomic mass is 9.90. The molecule has 24 heavy (non-hydrogen) atoms. The molecule has 3 aliphatic rings. The van der Waals surface area contributed by atoms with Crippen molar-refractivity contribution in [2.24, 2.45) is 17.6 Å². The normalized spacial score (nSPS) is 39.8. The number of carbonyl (C=O) groups is 2. The van der Waals surface area contributed by atoms with Gasteiger partial charge in [0.15, 0.2) is 0 Å². The lowest BCUT2D eigenvalue weighted by molar-refractivity contribution is -0.320. The molecule has 5 atom stereocenters. The first-order valence-electron chi connectivity index (χ1n) is 8.54. The highest BCUT2D eigenvalue weighted by Crippen LogP contribution is 2.47. The van der Waals surface area contributed by atoms with Gasteiger partial charge in [-0.2, -0.15) is 0 Å². The van der Waals surface area contributed by atoms with Crippen LogP contribution in [-0.2, 0) is 14.3 Å². The highest BCUT2D eigenvalue weighted by molar-refractivity contribution is 5.95. The second-order valence-electron chi connectivity index (χ2n) is 7.40. The Morgan fingerprint density at radius 1 is 1.38 bits per heavy atom. The van der Waals surface area contributed by atoms with E-state index in [4.69, 9.17) is 10.5 Å². The smallest absolute Gasteiger partial charge is 0.275 e. The summed E-state index contributed by atoms with van der Waals surface area (Å²) in [6, 6.07) is -1.26. The van der Waals surface area contributed by atoms with Gasteiger partial charge >= 0.3 is 0 Å². The van der Waals surface area contributed by atoms with E-state index >= 15 is 0 Å². The minimum absolute atomic E-state index is 0. The molecule has 0 aromatic heterocycles. The van der Waals surface area contributed by atoms with Gasteiger partial charge < -0.3 is 10.0 Å². The topological polar surface area (TPSA) is 96.1 Å². The standard InChI is InChI=1S/C16H27N3O4.ClH/c1-5-10(4)12-13(20)18-8-6-7-11(18)16(22)19(12)14(21)15(17,23-16)9(2)3;/h9-12,22H,5-8,17H2,1-4H3;1H/t10?,11-,12-,15+,16-;/m0./s1. The molecule has 3 saturated heterocycles. The van der Waals surface area contributed by atoms with Crippen LogP contribution >= 0.6 is 12.4 Å². The first kappa shape index (κ1) is 19.4. The van der Waals surface area contributed by atoms with E-state index in [0.29, 0.717) is 19.4 Å². The van der Waals surface area contributed by atoms with Crippen LogP contribution in [0.1, 0.15) is 47.0 Å². The molecule has 1 unspecified atom stereocenters. The van der Waals surface area contributed by atoms with Crippen molar-refractivity contribution in [3.63, 3.8) is 0 Å². The molecule has 138 valence electrons. The quantitative estimate of drug-likeness (QED) is 0.769. The SMILES string of the molecule is CCC(C)[C@H]1C(=O)N2CCC[C@H]2[C@]2(O)O[C@](N)(C(C)C)C(=O)N12.Cl. The summed E-state index contributed by atoms with van der Waals surface area (Å²) in [7, 11) is 0. The number of carbonyl (C=O) groups excluding carboxylic acids is 2. The molecule has 0 bridgehead atoms. The number of nitrogens with zero attached hydrogens (tertiary/aromatic N) is 2. The zero-order valence-corrected chi connectivity index (χ0v) is 15.5. The van der Waals surface area contributed by atoms with Crippen LogP contribution in [0, 0.1) is 11.8 Å². The summed E-state index contributed by atoms with van der Waals surface area (Å²) in [5.41, 5.74) is 4.62. The molecule has 0 aromatic carbocycles. The van der Waals surface area contributed by atoms with Gasteiger partial charge in [0.25, 0.3) is 11.8 Å². The van der Waals surface area contributed by atoms with Crippen LogP contribution in [0.15, 0.2) is 0 Å². The molecule has 3 heterocycles. The van der Waals surface area contributed by atoms with Gasteiger partial charge in [-0.15, -0.1) is 12.4 Å². The molecule has 7 nitrogen and oxygen atoms in total. The summed E-state index contributed by atoms with van der Waals surface area (Å²) in [6.07, 6.45) is 2.11. The molecule has 0 aliphatic carbocycles. The number of hydrogen-bond acceptors (Lipinski definition) is 5. The van der Waals surface area contributed by atoms with Crippen molar-refractivity contribution < 1.29 is 19.4 Å². The van der Waals surface area contributed by atoms with Crippen LogP contribution in [0.2, 0.25) is 0 Å². The fourth-order valence-electron chi connectivity index (χ4n) is 4.02. The average Bonchev–Trinajstić information content (AvgIpc) is 3.06. The van der Waals surface area contributed by atoms with Crippen LogP contribution < -0.4 is 5.73 Å². The third-order valence-electron chi connectivity index (χ3n) is 5.76. The second kappa shape index (κ2) is 6.12. The van der Waals surface area contributed by atoms with E-state index in [0.717, 1.165) is 6.42 Å². The molecule has 3 N–H and O–H groups in total. The number of halogens is 1. The molecule has 8 heteroatoms. The van der Waals surface area contributed by atoms with Crippen LogP contribution in [-0.4, -0.2) is 57.0 Å². The number of fused-ring (bicyclic) bond motifs is 3. The van der Waals surface area contributed by atoms with Gasteiger partial charge in [0.1, 0.15) is 12.1 Å². The van der Waals surface area contributed by atoms with E-state index < -0.39 is 29.6 Å². The number of rotatable bonds is 3. The minimum atomic E-state index is -1.82. The molecule has 3 fully saturated rings. The fraction of sp³-hybridized carbons (Fsp3) is 0.875. The molecule has 0 saturated carbocycles. The molecule has 0 radical (unpaired) electrons. The minimum Gasteiger partial charge on any atom is -0.347 e. The van der Waals surface area contributed by atoms with Gasteiger partial charge in [0.05, 0.1) is 0 Å². The van der Waals surface area contributed by atoms with Crippen LogP contribution in [0.5, 0.6) is 0 Å². The predicted molar refractivity (Wildman–Crippen MR) is 89.9 cm³/mol. The Balaban J connectivity index is 0.00000208. The van der Waals surface area contributed by atoms with Crippen molar-refractivity contribution in [1.29, 1.82) is 0 Å². The average molecular weight is 362 g/mol. The Kier molecular flexibility index (Phi) is 4.96. The van der Waals surface area contributed by atoms with Crippen LogP contribution in [0.4, 0.5) is 0 Å². The van der Waals surface area contributed by atoms with E-state index in [1.807, 2.05) is 13.8 Å². The number of aliphatic hydroxyl groups is 1. The molecular formula is C16H28ClN3O4. The highest BCUT2D eigenvalue weighted by Gasteiger charge is 2.70. The largest absolute Gasteiger partial charge is 0.347 e. The number of nitrogens with two attached hydrogens (primary N) is 1. The van der Waals surface area contributed by atoms with Crippen molar-refractivity contribution in [3.8, 4) is 0 Å². The van der Waals surface area contributed by atoms with E-state index in [1.165, 1.54) is 4.90 Å². The summed E-state index contributed by atoms with van der Waals surface area (Å²) < 4.78 is 5.82. The first-order chi connectivity index (χ1) is 10.7. The van der Waals surface area contributed by atoms with Crippen molar-refractivity contribution in [2.45, 2.75) is 70.7 Å². The zero-order valence-electron chi connectivity index (χ0n) is 14.7. The fourth-order valence-corrected chi connectivity index (χ4v) is 4.02. The van der Waals surface area contributed by atoms with Crippen molar-refractivity contribution in [2.75, 3.05) is 6.54 Å². The number of piperazine rings is 1. The van der Waals surface area contributed by atoms with E-state index in [-0.39, 0.29) is 30.2 Å². The Hall–Kier alpha value is -0.890. The monoisotopic (exact) mass is 361 g/mol. The third-order valence-corrected chi connectivity index (χ3v) is 5.76. The Labute approximate surface area is 148 Å². The lowest BCUT2D eigenvalue weighted by Crippen LogP contribution is -2.72. The maximum atomic E-state index is 13.0. The van der Waals surface area contributed by atoms with Gasteiger partial charge in [-0.25, -0.2) is 0 Å². The Morgan fingerprint density at radius 2 is 2.00 bits per heavy atom. The van der Waals surface area contributed by atoms with Gasteiger partial charge in [0, 0.05) is 12.5 Å². The number of ether oxygens (including phenoxy) is 1. The Morgan fingerprint density at radius 3 is 2.54 bits per heavy atom. The number of amides is 2. The molecular weight excluding hydrogens is 334 g/mol. The third kappa shape index (κ3) is 2.29. The van der Waals surface area contributed by atoms with Gasteiger partial charge in [0.2, 0.25) is 11.6 Å². The summed E-state index contributed by atoms with van der Waals surface area (Å²) in [4.78, 5) is 28.9. The van der Waals surface area contributed by atoms with Gasteiger partial charge in [-0.3, -0.25) is 25.0 Å². The van der Waals surface area contributed by atoms with Crippen molar-refractivity contribution in [3.05, 3.63) is 0 Å². The lowest BCUT2D eigenvalue weighted by Gasteiger charge is -2.50.